The molecule has 0 aliphatic heterocycles. The molecule has 0 spiro atoms. The first-order chi connectivity index (χ1) is 6.94. The average molecular weight is 229 g/mol. The molecule has 1 amide bonds. The standard InChI is InChI=1S/C9H11NO4S/c1-3-6(11)9(5-15,8(13)14)10-7(12)4-2/h3-4,15H,1-2,5H2,(H,10,12)(H,13,14). The summed E-state index contributed by atoms with van der Waals surface area (Å²) in [5.74, 6) is -3.45. The van der Waals surface area contributed by atoms with Crippen LogP contribution in [0.2, 0.25) is 0 Å². The zero-order chi connectivity index (χ0) is 12.1. The zero-order valence-corrected chi connectivity index (χ0v) is 8.79. The number of aliphatic carboxylic acids is 1. The lowest BCUT2D eigenvalue weighted by molar-refractivity contribution is -0.149. The quantitative estimate of drug-likeness (QED) is 0.334. The van der Waals surface area contributed by atoms with Crippen LogP contribution in [0, 0.1) is 0 Å². The van der Waals surface area contributed by atoms with Crippen LogP contribution in [-0.2, 0) is 14.4 Å². The summed E-state index contributed by atoms with van der Waals surface area (Å²) in [6, 6.07) is 0. The summed E-state index contributed by atoms with van der Waals surface area (Å²) in [5, 5.41) is 10.9. The molecule has 0 radical (unpaired) electrons. The maximum atomic E-state index is 11.4. The number of carbonyl (C=O) groups excluding carboxylic acids is 2. The molecule has 1 atom stereocenters. The molecule has 0 aromatic heterocycles. The van der Waals surface area contributed by atoms with E-state index in [0.29, 0.717) is 0 Å². The van der Waals surface area contributed by atoms with Crippen LogP contribution in [0.4, 0.5) is 0 Å². The molecule has 5 nitrogen and oxygen atoms in total. The number of hydrogen-bond donors (Lipinski definition) is 3. The number of ketones is 1. The van der Waals surface area contributed by atoms with E-state index in [4.69, 9.17) is 5.11 Å². The fourth-order valence-corrected chi connectivity index (χ4v) is 1.21. The molecule has 0 aromatic carbocycles. The SMILES string of the molecule is C=CC(=O)NC(CS)(C(=O)O)C(=O)C=C. The molecule has 0 heterocycles. The van der Waals surface area contributed by atoms with E-state index in [1.165, 1.54) is 0 Å². The van der Waals surface area contributed by atoms with Gasteiger partial charge in [0.15, 0.2) is 5.78 Å². The van der Waals surface area contributed by atoms with Gasteiger partial charge in [-0.2, -0.15) is 12.6 Å². The summed E-state index contributed by atoms with van der Waals surface area (Å²) in [7, 11) is 0. The van der Waals surface area contributed by atoms with Crippen molar-refractivity contribution >= 4 is 30.3 Å². The van der Waals surface area contributed by atoms with E-state index < -0.39 is 23.2 Å². The summed E-state index contributed by atoms with van der Waals surface area (Å²) in [6.45, 7) is 6.32. The van der Waals surface area contributed by atoms with Gasteiger partial charge in [0.1, 0.15) is 0 Å². The van der Waals surface area contributed by atoms with Gasteiger partial charge in [0.25, 0.3) is 0 Å². The summed E-state index contributed by atoms with van der Waals surface area (Å²) < 4.78 is 0. The van der Waals surface area contributed by atoms with Gasteiger partial charge in [-0.25, -0.2) is 4.79 Å². The maximum Gasteiger partial charge on any atom is 0.338 e. The molecule has 0 aromatic rings. The highest BCUT2D eigenvalue weighted by Gasteiger charge is 2.44. The molecule has 0 aliphatic carbocycles. The van der Waals surface area contributed by atoms with Gasteiger partial charge < -0.3 is 10.4 Å². The molecule has 15 heavy (non-hydrogen) atoms. The molecular weight excluding hydrogens is 218 g/mol. The molecule has 1 unspecified atom stereocenters. The van der Waals surface area contributed by atoms with Crippen LogP contribution in [0.3, 0.4) is 0 Å². The number of thiol groups is 1. The Morgan fingerprint density at radius 1 is 1.33 bits per heavy atom. The molecule has 0 rings (SSSR count). The second-order valence-electron chi connectivity index (χ2n) is 2.63. The lowest BCUT2D eigenvalue weighted by atomic mass is 9.96. The van der Waals surface area contributed by atoms with Crippen molar-refractivity contribution in [3.05, 3.63) is 25.3 Å². The number of rotatable bonds is 6. The molecule has 2 N–H and O–H groups in total. The molecule has 0 fully saturated rings. The number of amides is 1. The Hall–Kier alpha value is -1.56. The molecular formula is C9H11NO4S. The van der Waals surface area contributed by atoms with Gasteiger partial charge in [-0.05, 0) is 12.2 Å². The van der Waals surface area contributed by atoms with E-state index in [9.17, 15) is 14.4 Å². The van der Waals surface area contributed by atoms with E-state index in [-0.39, 0.29) is 5.75 Å². The van der Waals surface area contributed by atoms with Crippen LogP contribution in [0.1, 0.15) is 0 Å². The van der Waals surface area contributed by atoms with Crippen LogP contribution in [0.25, 0.3) is 0 Å². The number of hydrogen-bond acceptors (Lipinski definition) is 4. The normalized spacial score (nSPS) is 13.4. The highest BCUT2D eigenvalue weighted by atomic mass is 32.1. The monoisotopic (exact) mass is 229 g/mol. The lowest BCUT2D eigenvalue weighted by Gasteiger charge is -2.25. The van der Waals surface area contributed by atoms with Gasteiger partial charge in [-0.3, -0.25) is 9.59 Å². The van der Waals surface area contributed by atoms with E-state index in [1.807, 2.05) is 5.32 Å². The van der Waals surface area contributed by atoms with E-state index in [0.717, 1.165) is 12.2 Å². The highest BCUT2D eigenvalue weighted by molar-refractivity contribution is 7.80. The average Bonchev–Trinajstić information content (AvgIpc) is 2.23. The molecule has 6 heteroatoms. The van der Waals surface area contributed by atoms with Gasteiger partial charge in [0.2, 0.25) is 11.4 Å². The minimum atomic E-state index is -2.07. The minimum Gasteiger partial charge on any atom is -0.479 e. The summed E-state index contributed by atoms with van der Waals surface area (Å²) >= 11 is 3.75. The van der Waals surface area contributed by atoms with Crippen molar-refractivity contribution in [3.63, 3.8) is 0 Å². The number of carboxylic acid groups (broad SMARTS) is 1. The fourth-order valence-electron chi connectivity index (χ4n) is 0.841. The van der Waals surface area contributed by atoms with Crippen LogP contribution in [0.15, 0.2) is 25.3 Å². The van der Waals surface area contributed by atoms with Crippen LogP contribution >= 0.6 is 12.6 Å². The smallest absolute Gasteiger partial charge is 0.338 e. The predicted molar refractivity (Wildman–Crippen MR) is 57.8 cm³/mol. The summed E-state index contributed by atoms with van der Waals surface area (Å²) in [4.78, 5) is 33.3. The second kappa shape index (κ2) is 5.35. The van der Waals surface area contributed by atoms with Crippen molar-refractivity contribution < 1.29 is 19.5 Å². The Labute approximate surface area is 92.3 Å². The Bertz CT molecular complexity index is 326. The highest BCUT2D eigenvalue weighted by Crippen LogP contribution is 2.10. The third-order valence-corrected chi connectivity index (χ3v) is 2.20. The van der Waals surface area contributed by atoms with Crippen molar-refractivity contribution in [2.24, 2.45) is 0 Å². The third kappa shape index (κ3) is 2.69. The summed E-state index contributed by atoms with van der Waals surface area (Å²) in [6.07, 6.45) is 1.70. The number of nitrogens with one attached hydrogen (secondary N) is 1. The lowest BCUT2D eigenvalue weighted by Crippen LogP contribution is -2.60. The minimum absolute atomic E-state index is 0.368. The van der Waals surface area contributed by atoms with E-state index in [2.05, 4.69) is 25.8 Å². The number of carbonyl (C=O) groups is 3. The first kappa shape index (κ1) is 13.4. The van der Waals surface area contributed by atoms with Gasteiger partial charge in [0, 0.05) is 5.75 Å². The molecule has 0 saturated heterocycles. The van der Waals surface area contributed by atoms with Crippen molar-refractivity contribution in [3.8, 4) is 0 Å². The largest absolute Gasteiger partial charge is 0.479 e. The van der Waals surface area contributed by atoms with Crippen LogP contribution in [-0.4, -0.2) is 34.1 Å². The van der Waals surface area contributed by atoms with Gasteiger partial charge >= 0.3 is 5.97 Å². The fraction of sp³-hybridized carbons (Fsp3) is 0.222. The topological polar surface area (TPSA) is 83.5 Å². The summed E-state index contributed by atoms with van der Waals surface area (Å²) in [5.41, 5.74) is -2.07. The Morgan fingerprint density at radius 3 is 2.13 bits per heavy atom. The van der Waals surface area contributed by atoms with Crippen LogP contribution < -0.4 is 5.32 Å². The first-order valence-corrected chi connectivity index (χ1v) is 4.53. The zero-order valence-electron chi connectivity index (χ0n) is 7.90. The Kier molecular flexibility index (Phi) is 4.80. The Balaban J connectivity index is 5.24. The molecule has 0 aliphatic rings. The van der Waals surface area contributed by atoms with Crippen molar-refractivity contribution in [1.82, 2.24) is 5.32 Å². The van der Waals surface area contributed by atoms with Crippen molar-refractivity contribution in [1.29, 1.82) is 0 Å². The first-order valence-electron chi connectivity index (χ1n) is 3.90. The molecule has 82 valence electrons. The predicted octanol–water partition coefficient (Wildman–Crippen LogP) is -0.203. The van der Waals surface area contributed by atoms with E-state index in [1.54, 1.807) is 0 Å². The van der Waals surface area contributed by atoms with Gasteiger partial charge in [0.05, 0.1) is 0 Å². The molecule has 0 saturated carbocycles. The van der Waals surface area contributed by atoms with Crippen LogP contribution in [0.5, 0.6) is 0 Å². The van der Waals surface area contributed by atoms with Gasteiger partial charge in [-0.15, -0.1) is 0 Å². The second-order valence-corrected chi connectivity index (χ2v) is 2.95. The van der Waals surface area contributed by atoms with E-state index >= 15 is 0 Å². The van der Waals surface area contributed by atoms with Crippen molar-refractivity contribution in [2.45, 2.75) is 5.54 Å². The Morgan fingerprint density at radius 2 is 1.87 bits per heavy atom. The molecule has 0 bridgehead atoms. The van der Waals surface area contributed by atoms with Crippen molar-refractivity contribution in [2.75, 3.05) is 5.75 Å². The van der Waals surface area contributed by atoms with Gasteiger partial charge in [-0.1, -0.05) is 13.2 Å². The maximum absolute atomic E-state index is 11.4. The third-order valence-electron chi connectivity index (χ3n) is 1.73. The number of carboxylic acids is 1.